The van der Waals surface area contributed by atoms with Gasteiger partial charge in [-0.15, -0.1) is 0 Å². The zero-order valence-electron chi connectivity index (χ0n) is 14.0. The molecule has 1 N–H and O–H groups in total. The standard InChI is InChI=1S/C19H25NO3/c1-20(18(11-12-21)15-7-5-4-6-8-15)14-16-13-17(22-2)9-10-19(16)23-3/h4-10,13,18,21H,11-12,14H2,1-3H3. The summed E-state index contributed by atoms with van der Waals surface area (Å²) >= 11 is 0. The molecule has 0 bridgehead atoms. The molecule has 0 amide bonds. The van der Waals surface area contributed by atoms with Crippen LogP contribution >= 0.6 is 0 Å². The zero-order valence-corrected chi connectivity index (χ0v) is 14.0. The number of ether oxygens (including phenoxy) is 2. The summed E-state index contributed by atoms with van der Waals surface area (Å²) in [5.74, 6) is 1.65. The molecule has 0 spiro atoms. The summed E-state index contributed by atoms with van der Waals surface area (Å²) in [5, 5.41) is 9.42. The van der Waals surface area contributed by atoms with Crippen LogP contribution < -0.4 is 9.47 Å². The van der Waals surface area contributed by atoms with Crippen molar-refractivity contribution in [1.82, 2.24) is 4.90 Å². The van der Waals surface area contributed by atoms with E-state index in [-0.39, 0.29) is 12.6 Å². The van der Waals surface area contributed by atoms with Gasteiger partial charge >= 0.3 is 0 Å². The Morgan fingerprint density at radius 3 is 2.39 bits per heavy atom. The second kappa shape index (κ2) is 8.56. The summed E-state index contributed by atoms with van der Waals surface area (Å²) in [4.78, 5) is 2.23. The highest BCUT2D eigenvalue weighted by molar-refractivity contribution is 5.40. The molecular weight excluding hydrogens is 290 g/mol. The van der Waals surface area contributed by atoms with Crippen LogP contribution in [0.4, 0.5) is 0 Å². The second-order valence-electron chi connectivity index (χ2n) is 5.53. The van der Waals surface area contributed by atoms with Gasteiger partial charge in [-0.25, -0.2) is 0 Å². The molecule has 0 fully saturated rings. The monoisotopic (exact) mass is 315 g/mol. The average molecular weight is 315 g/mol. The first-order valence-corrected chi connectivity index (χ1v) is 7.76. The van der Waals surface area contributed by atoms with Crippen molar-refractivity contribution in [2.45, 2.75) is 19.0 Å². The Labute approximate surface area is 138 Å². The van der Waals surface area contributed by atoms with Crippen LogP contribution in [0.3, 0.4) is 0 Å². The minimum Gasteiger partial charge on any atom is -0.497 e. The molecule has 0 aromatic heterocycles. The van der Waals surface area contributed by atoms with Gasteiger partial charge in [-0.2, -0.15) is 0 Å². The third-order valence-electron chi connectivity index (χ3n) is 4.03. The Bertz CT molecular complexity index is 601. The molecule has 2 rings (SSSR count). The fourth-order valence-electron chi connectivity index (χ4n) is 2.82. The molecule has 0 aliphatic heterocycles. The maximum atomic E-state index is 9.42. The van der Waals surface area contributed by atoms with Gasteiger partial charge < -0.3 is 14.6 Å². The lowest BCUT2D eigenvalue weighted by Gasteiger charge is -2.28. The van der Waals surface area contributed by atoms with Crippen LogP contribution in [0.25, 0.3) is 0 Å². The summed E-state index contributed by atoms with van der Waals surface area (Å²) in [5.41, 5.74) is 2.26. The molecule has 0 aliphatic rings. The van der Waals surface area contributed by atoms with Crippen LogP contribution in [-0.4, -0.2) is 37.9 Å². The Kier molecular flexibility index (Phi) is 6.44. The van der Waals surface area contributed by atoms with Gasteiger partial charge in [0.1, 0.15) is 11.5 Å². The Hall–Kier alpha value is -2.04. The van der Waals surface area contributed by atoms with Gasteiger partial charge in [-0.3, -0.25) is 4.90 Å². The van der Waals surface area contributed by atoms with Gasteiger partial charge in [0, 0.05) is 24.8 Å². The quantitative estimate of drug-likeness (QED) is 0.812. The van der Waals surface area contributed by atoms with E-state index in [1.54, 1.807) is 14.2 Å². The van der Waals surface area contributed by atoms with Crippen molar-refractivity contribution < 1.29 is 14.6 Å². The van der Waals surface area contributed by atoms with Crippen molar-refractivity contribution in [3.63, 3.8) is 0 Å². The van der Waals surface area contributed by atoms with E-state index in [1.165, 1.54) is 5.56 Å². The second-order valence-corrected chi connectivity index (χ2v) is 5.53. The van der Waals surface area contributed by atoms with Crippen LogP contribution in [0.5, 0.6) is 11.5 Å². The lowest BCUT2D eigenvalue weighted by molar-refractivity contribution is 0.178. The molecule has 2 aromatic carbocycles. The van der Waals surface area contributed by atoms with Crippen LogP contribution in [0.2, 0.25) is 0 Å². The summed E-state index contributed by atoms with van der Waals surface area (Å²) in [6.07, 6.45) is 0.687. The average Bonchev–Trinajstić information content (AvgIpc) is 2.60. The fourth-order valence-corrected chi connectivity index (χ4v) is 2.82. The number of hydrogen-bond donors (Lipinski definition) is 1. The van der Waals surface area contributed by atoms with Crippen molar-refractivity contribution in [2.24, 2.45) is 0 Å². The summed E-state index contributed by atoms with van der Waals surface area (Å²) in [7, 11) is 5.40. The molecule has 4 nitrogen and oxygen atoms in total. The van der Waals surface area contributed by atoms with E-state index in [0.29, 0.717) is 13.0 Å². The summed E-state index contributed by atoms with van der Waals surface area (Å²) in [6, 6.07) is 16.2. The number of rotatable bonds is 8. The van der Waals surface area contributed by atoms with Crippen LogP contribution in [0, 0.1) is 0 Å². The topological polar surface area (TPSA) is 41.9 Å². The SMILES string of the molecule is COc1ccc(OC)c(CN(C)C(CCO)c2ccccc2)c1. The lowest BCUT2D eigenvalue weighted by atomic mass is 10.0. The highest BCUT2D eigenvalue weighted by Gasteiger charge is 2.18. The molecule has 2 aromatic rings. The van der Waals surface area contributed by atoms with E-state index in [0.717, 1.165) is 17.1 Å². The highest BCUT2D eigenvalue weighted by atomic mass is 16.5. The van der Waals surface area contributed by atoms with Gasteiger partial charge in [-0.1, -0.05) is 30.3 Å². The maximum Gasteiger partial charge on any atom is 0.123 e. The molecule has 0 saturated heterocycles. The first-order valence-electron chi connectivity index (χ1n) is 7.76. The van der Waals surface area contributed by atoms with E-state index in [1.807, 2.05) is 36.4 Å². The van der Waals surface area contributed by atoms with Crippen molar-refractivity contribution in [3.8, 4) is 11.5 Å². The van der Waals surface area contributed by atoms with E-state index in [9.17, 15) is 5.11 Å². The number of aliphatic hydroxyl groups is 1. The Morgan fingerprint density at radius 1 is 1.04 bits per heavy atom. The number of hydrogen-bond acceptors (Lipinski definition) is 4. The first-order chi connectivity index (χ1) is 11.2. The number of methoxy groups -OCH3 is 2. The first kappa shape index (κ1) is 17.3. The molecular formula is C19H25NO3. The fraction of sp³-hybridized carbons (Fsp3) is 0.368. The molecule has 0 saturated carbocycles. The highest BCUT2D eigenvalue weighted by Crippen LogP contribution is 2.29. The van der Waals surface area contributed by atoms with Crippen molar-refractivity contribution in [1.29, 1.82) is 0 Å². The minimum atomic E-state index is 0.150. The molecule has 1 unspecified atom stereocenters. The third kappa shape index (κ3) is 4.47. The lowest BCUT2D eigenvalue weighted by Crippen LogP contribution is -2.25. The van der Waals surface area contributed by atoms with Gasteiger partial charge in [0.15, 0.2) is 0 Å². The van der Waals surface area contributed by atoms with Crippen molar-refractivity contribution in [3.05, 3.63) is 59.7 Å². The largest absolute Gasteiger partial charge is 0.497 e. The van der Waals surface area contributed by atoms with Crippen LogP contribution in [-0.2, 0) is 6.54 Å². The molecule has 1 atom stereocenters. The molecule has 4 heteroatoms. The van der Waals surface area contributed by atoms with Crippen molar-refractivity contribution in [2.75, 3.05) is 27.9 Å². The number of nitrogens with zero attached hydrogens (tertiary/aromatic N) is 1. The molecule has 23 heavy (non-hydrogen) atoms. The third-order valence-corrected chi connectivity index (χ3v) is 4.03. The zero-order chi connectivity index (χ0) is 16.7. The van der Waals surface area contributed by atoms with Crippen LogP contribution in [0.15, 0.2) is 48.5 Å². The smallest absolute Gasteiger partial charge is 0.123 e. The molecule has 124 valence electrons. The van der Waals surface area contributed by atoms with E-state index in [4.69, 9.17) is 9.47 Å². The van der Waals surface area contributed by atoms with Gasteiger partial charge in [0.05, 0.1) is 14.2 Å². The van der Waals surface area contributed by atoms with E-state index in [2.05, 4.69) is 24.1 Å². The Balaban J connectivity index is 2.23. The van der Waals surface area contributed by atoms with E-state index >= 15 is 0 Å². The maximum absolute atomic E-state index is 9.42. The number of benzene rings is 2. The molecule has 0 aliphatic carbocycles. The predicted molar refractivity (Wildman–Crippen MR) is 91.9 cm³/mol. The van der Waals surface area contributed by atoms with E-state index < -0.39 is 0 Å². The van der Waals surface area contributed by atoms with Crippen LogP contribution in [0.1, 0.15) is 23.6 Å². The molecule has 0 heterocycles. The number of aliphatic hydroxyl groups excluding tert-OH is 1. The van der Waals surface area contributed by atoms with Gasteiger partial charge in [0.2, 0.25) is 0 Å². The summed E-state index contributed by atoms with van der Waals surface area (Å²) < 4.78 is 10.8. The van der Waals surface area contributed by atoms with Gasteiger partial charge in [0.25, 0.3) is 0 Å². The normalized spacial score (nSPS) is 12.2. The van der Waals surface area contributed by atoms with Gasteiger partial charge in [-0.05, 0) is 37.2 Å². The predicted octanol–water partition coefficient (Wildman–Crippen LogP) is 3.26. The van der Waals surface area contributed by atoms with Crippen molar-refractivity contribution >= 4 is 0 Å². The minimum absolute atomic E-state index is 0.150. The molecule has 0 radical (unpaired) electrons. The summed E-state index contributed by atoms with van der Waals surface area (Å²) in [6.45, 7) is 0.860. The Morgan fingerprint density at radius 2 is 1.78 bits per heavy atom.